The summed E-state index contributed by atoms with van der Waals surface area (Å²) in [5.74, 6) is 0. The molecule has 0 saturated carbocycles. The van der Waals surface area contributed by atoms with Crippen LogP contribution in [0.1, 0.15) is 124 Å². The van der Waals surface area contributed by atoms with Crippen LogP contribution in [-0.2, 0) is 0 Å². The van der Waals surface area contributed by atoms with Crippen LogP contribution in [0.5, 0.6) is 0 Å². The molecule has 0 radical (unpaired) electrons. The maximum Gasteiger partial charge on any atom is -0.0590 e. The van der Waals surface area contributed by atoms with Gasteiger partial charge in [-0.1, -0.05) is 124 Å². The quantitative estimate of drug-likeness (QED) is 0.411. The summed E-state index contributed by atoms with van der Waals surface area (Å²) < 4.78 is 0. The van der Waals surface area contributed by atoms with Gasteiger partial charge in [-0.3, -0.25) is 0 Å². The molecule has 0 aliphatic rings. The second-order valence-electron chi connectivity index (χ2n) is 1.41. The van der Waals surface area contributed by atoms with E-state index < -0.39 is 0 Å². The van der Waals surface area contributed by atoms with Gasteiger partial charge in [0.2, 0.25) is 0 Å². The Kier molecular flexibility index (Phi) is 3140. The van der Waals surface area contributed by atoms with E-state index in [0.29, 0.717) is 0 Å². The van der Waals surface area contributed by atoms with Crippen molar-refractivity contribution < 1.29 is 0 Å². The van der Waals surface area contributed by atoms with Gasteiger partial charge >= 0.3 is 0 Å². The third kappa shape index (κ3) is 0. The molecule has 0 unspecified atom stereocenters. The molecule has 0 amide bonds. The van der Waals surface area contributed by atoms with Crippen LogP contribution in [0, 0.1) is 0 Å². The second-order valence-corrected chi connectivity index (χ2v) is 1.41. The second kappa shape index (κ2) is 1090. The third-order valence-corrected chi connectivity index (χ3v) is 0. The van der Waals surface area contributed by atoms with E-state index in [9.17, 15) is 0 Å². The van der Waals surface area contributed by atoms with Gasteiger partial charge in [0.15, 0.2) is 0 Å². The van der Waals surface area contributed by atoms with E-state index >= 15 is 0 Å². The Morgan fingerprint density at radius 3 is 0.278 bits per heavy atom. The van der Waals surface area contributed by atoms with Crippen LogP contribution in [0.2, 0.25) is 0 Å². The fourth-order valence-electron chi connectivity index (χ4n) is 0. The van der Waals surface area contributed by atoms with Crippen molar-refractivity contribution in [2.24, 2.45) is 0 Å². The average molecular weight is 269 g/mol. The van der Waals surface area contributed by atoms with E-state index in [2.05, 4.69) is 27.7 Å². The first-order chi connectivity index (χ1) is 8.83. The molecule has 0 aliphatic carbocycles. The largest absolute Gasteiger partial charge is 0.0683 e. The Morgan fingerprint density at radius 1 is 0.278 bits per heavy atom. The summed E-state index contributed by atoms with van der Waals surface area (Å²) in [6.45, 7) is 32.5. The highest BCUT2D eigenvalue weighted by Gasteiger charge is 1.36. The summed E-state index contributed by atoms with van der Waals surface area (Å²) in [6, 6.07) is 0. The van der Waals surface area contributed by atoms with E-state index in [0.717, 1.165) is 0 Å². The zero-order chi connectivity index (χ0) is 17.4. The first-order valence-electron chi connectivity index (χ1n) is 8.83. The van der Waals surface area contributed by atoms with Crippen LogP contribution in [0.4, 0.5) is 0 Å². The van der Waals surface area contributed by atoms with Crippen LogP contribution < -0.4 is 0 Å². The van der Waals surface area contributed by atoms with Crippen molar-refractivity contribution in [3.63, 3.8) is 0 Å². The van der Waals surface area contributed by atoms with Crippen molar-refractivity contribution in [2.75, 3.05) is 0 Å². The molecule has 0 saturated heterocycles. The standard InChI is InChI=1S/2C3H8.6C2H6/c2*1-3-2;6*1-2/h2*3H2,1-2H3;6*1-2H3. The highest BCUT2D eigenvalue weighted by molar-refractivity contribution is 3.92. The molecule has 0 N–H and O–H groups in total. The molecule has 0 aromatic carbocycles. The van der Waals surface area contributed by atoms with Gasteiger partial charge in [0.05, 0.1) is 0 Å². The predicted molar refractivity (Wildman–Crippen MR) is 100 cm³/mol. The van der Waals surface area contributed by atoms with Crippen LogP contribution in [0.15, 0.2) is 0 Å². The van der Waals surface area contributed by atoms with Gasteiger partial charge in [-0.05, 0) is 0 Å². The van der Waals surface area contributed by atoms with Gasteiger partial charge in [0.1, 0.15) is 0 Å². The molecule has 0 atom stereocenters. The van der Waals surface area contributed by atoms with Crippen molar-refractivity contribution >= 4 is 0 Å². The lowest BCUT2D eigenvalue weighted by molar-refractivity contribution is 1.09. The number of rotatable bonds is 0. The van der Waals surface area contributed by atoms with Gasteiger partial charge < -0.3 is 0 Å². The fourth-order valence-corrected chi connectivity index (χ4v) is 0. The van der Waals surface area contributed by atoms with Crippen LogP contribution in [0.25, 0.3) is 0 Å². The average Bonchev–Trinajstić information content (AvgIpc) is 2.52. The van der Waals surface area contributed by atoms with Gasteiger partial charge in [-0.25, -0.2) is 0 Å². The zero-order valence-corrected chi connectivity index (χ0v) is 17.4. The smallest absolute Gasteiger partial charge is 0.0590 e. The van der Waals surface area contributed by atoms with Gasteiger partial charge in [-0.2, -0.15) is 0 Å². The van der Waals surface area contributed by atoms with E-state index in [-0.39, 0.29) is 0 Å². The number of hydrogen-bond donors (Lipinski definition) is 0. The van der Waals surface area contributed by atoms with Crippen LogP contribution in [0.3, 0.4) is 0 Å². The van der Waals surface area contributed by atoms with Crippen molar-refractivity contribution in [1.29, 1.82) is 0 Å². The minimum Gasteiger partial charge on any atom is -0.0683 e. The first kappa shape index (κ1) is 52.0. The molecule has 0 heterocycles. The van der Waals surface area contributed by atoms with Gasteiger partial charge in [0, 0.05) is 0 Å². The molecule has 124 valence electrons. The zero-order valence-electron chi connectivity index (χ0n) is 17.4. The molecule has 0 heteroatoms. The Balaban J connectivity index is -0.0000000107. The summed E-state index contributed by atoms with van der Waals surface area (Å²) in [5, 5.41) is 0. The van der Waals surface area contributed by atoms with Crippen molar-refractivity contribution in [3.05, 3.63) is 0 Å². The van der Waals surface area contributed by atoms with E-state index in [1.807, 2.05) is 83.1 Å². The van der Waals surface area contributed by atoms with E-state index in [1.54, 1.807) is 0 Å². The molecule has 0 spiro atoms. The highest BCUT2D eigenvalue weighted by Crippen LogP contribution is 1.56. The Morgan fingerprint density at radius 2 is 0.278 bits per heavy atom. The van der Waals surface area contributed by atoms with Crippen molar-refractivity contribution in [1.82, 2.24) is 0 Å². The predicted octanol–water partition coefficient (Wildman–Crippen LogP) is 8.99. The summed E-state index contributed by atoms with van der Waals surface area (Å²) in [5.41, 5.74) is 0. The van der Waals surface area contributed by atoms with Crippen LogP contribution in [-0.4, -0.2) is 0 Å². The Hall–Kier alpha value is 0. The topological polar surface area (TPSA) is 0 Å². The van der Waals surface area contributed by atoms with Crippen molar-refractivity contribution in [3.8, 4) is 0 Å². The Labute approximate surface area is 124 Å². The molecule has 0 aromatic heterocycles. The molecule has 0 fully saturated rings. The third-order valence-electron chi connectivity index (χ3n) is 0. The van der Waals surface area contributed by atoms with E-state index in [1.165, 1.54) is 12.8 Å². The summed E-state index contributed by atoms with van der Waals surface area (Å²) in [6.07, 6.45) is 2.50. The van der Waals surface area contributed by atoms with Crippen LogP contribution >= 0.6 is 0 Å². The monoisotopic (exact) mass is 268 g/mol. The molecule has 0 aromatic rings. The molecular weight excluding hydrogens is 216 g/mol. The SMILES string of the molecule is CC.CC.CC.CC.CC.CC.CCC.CCC. The summed E-state index contributed by atoms with van der Waals surface area (Å²) in [4.78, 5) is 0. The molecule has 0 bridgehead atoms. The molecule has 18 heavy (non-hydrogen) atoms. The minimum atomic E-state index is 1.25. The Bertz CT molecular complexity index is 2.00. The normalized spacial score (nSPS) is 4.00. The van der Waals surface area contributed by atoms with Gasteiger partial charge in [0.25, 0.3) is 0 Å². The van der Waals surface area contributed by atoms with Gasteiger partial charge in [-0.15, -0.1) is 0 Å². The maximum absolute atomic E-state index is 2.12. The lowest BCUT2D eigenvalue weighted by atomic mass is 10.6. The lowest BCUT2D eigenvalue weighted by Crippen LogP contribution is -1.27. The molecule has 0 aliphatic heterocycles. The fraction of sp³-hybridized carbons (Fsp3) is 1.00. The maximum atomic E-state index is 2.12. The molecule has 0 rings (SSSR count). The van der Waals surface area contributed by atoms with Crippen molar-refractivity contribution in [2.45, 2.75) is 124 Å². The highest BCUT2D eigenvalue weighted by atomic mass is 13.4. The summed E-state index contributed by atoms with van der Waals surface area (Å²) >= 11 is 0. The number of hydrogen-bond acceptors (Lipinski definition) is 0. The van der Waals surface area contributed by atoms with E-state index in [4.69, 9.17) is 0 Å². The minimum absolute atomic E-state index is 1.25. The lowest BCUT2D eigenvalue weighted by Gasteiger charge is -1.48. The summed E-state index contributed by atoms with van der Waals surface area (Å²) in [7, 11) is 0. The first-order valence-corrected chi connectivity index (χ1v) is 8.83. The molecule has 0 nitrogen and oxygen atoms in total. The molecular formula is C18H52.